The number of hydrogen-bond donors (Lipinski definition) is 1. The van der Waals surface area contributed by atoms with E-state index in [-0.39, 0.29) is 0 Å². The van der Waals surface area contributed by atoms with Crippen molar-refractivity contribution in [3.05, 3.63) is 18.2 Å². The first-order valence-corrected chi connectivity index (χ1v) is 5.80. The zero-order valence-electron chi connectivity index (χ0n) is 10.7. The maximum absolute atomic E-state index is 5.81. The molecule has 0 amide bonds. The van der Waals surface area contributed by atoms with Gasteiger partial charge >= 0.3 is 0 Å². The number of methoxy groups -OCH3 is 1. The van der Waals surface area contributed by atoms with Crippen molar-refractivity contribution in [2.45, 2.75) is 33.2 Å². The third kappa shape index (κ3) is 2.81. The average Bonchev–Trinajstić information content (AvgIpc) is 2.26. The van der Waals surface area contributed by atoms with Crippen molar-refractivity contribution >= 4 is 11.4 Å². The van der Waals surface area contributed by atoms with Gasteiger partial charge in [0.1, 0.15) is 5.75 Å². The van der Waals surface area contributed by atoms with Crippen molar-refractivity contribution in [3.8, 4) is 5.75 Å². The van der Waals surface area contributed by atoms with Crippen LogP contribution in [0.15, 0.2) is 18.2 Å². The van der Waals surface area contributed by atoms with Gasteiger partial charge < -0.3 is 15.4 Å². The van der Waals surface area contributed by atoms with E-state index in [0.717, 1.165) is 18.7 Å². The minimum atomic E-state index is 0.480. The minimum Gasteiger partial charge on any atom is -0.495 e. The fraction of sp³-hybridized carbons (Fsp3) is 0.538. The number of nitrogens with two attached hydrogens (primary N) is 1. The highest BCUT2D eigenvalue weighted by molar-refractivity contribution is 5.62. The normalized spacial score (nSPS) is 10.6. The first-order valence-electron chi connectivity index (χ1n) is 5.80. The highest BCUT2D eigenvalue weighted by Crippen LogP contribution is 2.28. The predicted octanol–water partition coefficient (Wildman–Crippen LogP) is 2.90. The van der Waals surface area contributed by atoms with E-state index in [1.165, 1.54) is 5.69 Å². The van der Waals surface area contributed by atoms with Gasteiger partial charge in [-0.2, -0.15) is 0 Å². The summed E-state index contributed by atoms with van der Waals surface area (Å²) in [6.07, 6.45) is 1.13. The molecule has 0 spiro atoms. The summed E-state index contributed by atoms with van der Waals surface area (Å²) in [5.41, 5.74) is 7.66. The molecule has 0 aliphatic heterocycles. The van der Waals surface area contributed by atoms with Crippen LogP contribution in [0.5, 0.6) is 5.75 Å². The van der Waals surface area contributed by atoms with E-state index in [4.69, 9.17) is 10.5 Å². The van der Waals surface area contributed by atoms with Crippen molar-refractivity contribution in [2.24, 2.45) is 0 Å². The molecular formula is C13H22N2O. The maximum Gasteiger partial charge on any atom is 0.143 e. The molecule has 0 aliphatic carbocycles. The van der Waals surface area contributed by atoms with Crippen molar-refractivity contribution in [2.75, 3.05) is 24.3 Å². The Balaban J connectivity index is 3.00. The zero-order chi connectivity index (χ0) is 12.1. The van der Waals surface area contributed by atoms with E-state index < -0.39 is 0 Å². The van der Waals surface area contributed by atoms with Crippen LogP contribution >= 0.6 is 0 Å². The van der Waals surface area contributed by atoms with E-state index in [2.05, 4.69) is 25.7 Å². The fourth-order valence-corrected chi connectivity index (χ4v) is 1.80. The second-order valence-corrected chi connectivity index (χ2v) is 4.21. The van der Waals surface area contributed by atoms with Crippen LogP contribution < -0.4 is 15.4 Å². The number of ether oxygens (including phenoxy) is 1. The molecule has 1 aromatic rings. The van der Waals surface area contributed by atoms with Crippen LogP contribution in [0.3, 0.4) is 0 Å². The summed E-state index contributed by atoms with van der Waals surface area (Å²) in [4.78, 5) is 2.35. The molecule has 90 valence electrons. The van der Waals surface area contributed by atoms with Crippen LogP contribution in [-0.4, -0.2) is 19.7 Å². The summed E-state index contributed by atoms with van der Waals surface area (Å²) in [6.45, 7) is 7.62. The quantitative estimate of drug-likeness (QED) is 0.778. The smallest absolute Gasteiger partial charge is 0.143 e. The van der Waals surface area contributed by atoms with E-state index in [1.807, 2.05) is 18.2 Å². The predicted molar refractivity (Wildman–Crippen MR) is 70.2 cm³/mol. The number of hydrogen-bond acceptors (Lipinski definition) is 3. The Labute approximate surface area is 98.2 Å². The molecule has 0 saturated heterocycles. The number of nitrogen functional groups attached to an aromatic ring is 1. The molecular weight excluding hydrogens is 200 g/mol. The van der Waals surface area contributed by atoms with Crippen LogP contribution in [0.2, 0.25) is 0 Å². The van der Waals surface area contributed by atoms with Gasteiger partial charge in [0.15, 0.2) is 0 Å². The van der Waals surface area contributed by atoms with Crippen molar-refractivity contribution in [1.82, 2.24) is 0 Å². The molecule has 2 N–H and O–H groups in total. The van der Waals surface area contributed by atoms with Crippen LogP contribution in [0.25, 0.3) is 0 Å². The summed E-state index contributed by atoms with van der Waals surface area (Å²) < 4.78 is 5.24. The van der Waals surface area contributed by atoms with Gasteiger partial charge in [0, 0.05) is 24.3 Å². The average molecular weight is 222 g/mol. The molecule has 1 rings (SSSR count). The molecule has 0 aliphatic rings. The van der Waals surface area contributed by atoms with Gasteiger partial charge in [-0.15, -0.1) is 0 Å². The summed E-state index contributed by atoms with van der Waals surface area (Å²) in [7, 11) is 1.65. The molecule has 0 saturated carbocycles. The van der Waals surface area contributed by atoms with Crippen molar-refractivity contribution < 1.29 is 4.74 Å². The molecule has 0 radical (unpaired) electrons. The first kappa shape index (κ1) is 12.7. The van der Waals surface area contributed by atoms with E-state index in [1.54, 1.807) is 7.11 Å². The lowest BCUT2D eigenvalue weighted by Crippen LogP contribution is -2.31. The lowest BCUT2D eigenvalue weighted by molar-refractivity contribution is 0.417. The molecule has 1 aromatic carbocycles. The number of rotatable bonds is 5. The molecule has 3 heteroatoms. The third-order valence-corrected chi connectivity index (χ3v) is 2.64. The molecule has 0 heterocycles. The SMILES string of the molecule is CCCN(c1ccc(N)c(OC)c1)C(C)C. The Morgan fingerprint density at radius 3 is 2.56 bits per heavy atom. The Morgan fingerprint density at radius 1 is 1.38 bits per heavy atom. The summed E-state index contributed by atoms with van der Waals surface area (Å²) in [5.74, 6) is 0.749. The number of benzene rings is 1. The summed E-state index contributed by atoms with van der Waals surface area (Å²) >= 11 is 0. The molecule has 16 heavy (non-hydrogen) atoms. The molecule has 3 nitrogen and oxygen atoms in total. The van der Waals surface area contributed by atoms with Crippen molar-refractivity contribution in [3.63, 3.8) is 0 Å². The van der Waals surface area contributed by atoms with Crippen molar-refractivity contribution in [1.29, 1.82) is 0 Å². The van der Waals surface area contributed by atoms with Gasteiger partial charge in [0.2, 0.25) is 0 Å². The van der Waals surface area contributed by atoms with Gasteiger partial charge in [-0.1, -0.05) is 6.92 Å². The van der Waals surface area contributed by atoms with E-state index in [0.29, 0.717) is 11.7 Å². The number of nitrogens with zero attached hydrogens (tertiary/aromatic N) is 1. The third-order valence-electron chi connectivity index (χ3n) is 2.64. The topological polar surface area (TPSA) is 38.5 Å². The molecule has 0 bridgehead atoms. The Morgan fingerprint density at radius 2 is 2.06 bits per heavy atom. The first-order chi connectivity index (χ1) is 7.60. The Hall–Kier alpha value is -1.38. The summed E-state index contributed by atoms with van der Waals surface area (Å²) in [6, 6.07) is 6.44. The summed E-state index contributed by atoms with van der Waals surface area (Å²) in [5, 5.41) is 0. The van der Waals surface area contributed by atoms with Crippen LogP contribution in [0, 0.1) is 0 Å². The lowest BCUT2D eigenvalue weighted by atomic mass is 10.2. The number of anilines is 2. The highest BCUT2D eigenvalue weighted by Gasteiger charge is 2.11. The van der Waals surface area contributed by atoms with Gasteiger partial charge in [-0.05, 0) is 32.4 Å². The van der Waals surface area contributed by atoms with Crippen LogP contribution in [0.4, 0.5) is 11.4 Å². The lowest BCUT2D eigenvalue weighted by Gasteiger charge is -2.29. The van der Waals surface area contributed by atoms with Gasteiger partial charge in [-0.25, -0.2) is 0 Å². The van der Waals surface area contributed by atoms with Gasteiger partial charge in [-0.3, -0.25) is 0 Å². The molecule has 0 unspecified atom stereocenters. The minimum absolute atomic E-state index is 0.480. The fourth-order valence-electron chi connectivity index (χ4n) is 1.80. The van der Waals surface area contributed by atoms with E-state index in [9.17, 15) is 0 Å². The monoisotopic (exact) mass is 222 g/mol. The second-order valence-electron chi connectivity index (χ2n) is 4.21. The molecule has 0 aromatic heterocycles. The van der Waals surface area contributed by atoms with Crippen LogP contribution in [0.1, 0.15) is 27.2 Å². The Kier molecular flexibility index (Phi) is 4.47. The second kappa shape index (κ2) is 5.64. The zero-order valence-corrected chi connectivity index (χ0v) is 10.7. The van der Waals surface area contributed by atoms with Crippen LogP contribution in [-0.2, 0) is 0 Å². The standard InChI is InChI=1S/C13H22N2O/c1-5-8-15(10(2)3)11-6-7-12(14)13(9-11)16-4/h6-7,9-10H,5,8,14H2,1-4H3. The maximum atomic E-state index is 5.81. The van der Waals surface area contributed by atoms with Gasteiger partial charge in [0.05, 0.1) is 12.8 Å². The Bertz CT molecular complexity index is 337. The largest absolute Gasteiger partial charge is 0.495 e. The molecule has 0 fully saturated rings. The van der Waals surface area contributed by atoms with E-state index >= 15 is 0 Å². The molecule has 0 atom stereocenters. The van der Waals surface area contributed by atoms with Gasteiger partial charge in [0.25, 0.3) is 0 Å². The highest BCUT2D eigenvalue weighted by atomic mass is 16.5.